The van der Waals surface area contributed by atoms with E-state index >= 15 is 0 Å². The lowest BCUT2D eigenvalue weighted by Gasteiger charge is -2.17. The lowest BCUT2D eigenvalue weighted by Crippen LogP contribution is -2.25. The summed E-state index contributed by atoms with van der Waals surface area (Å²) in [5.41, 5.74) is -6.79. The zero-order valence-electron chi connectivity index (χ0n) is 13.7. The van der Waals surface area contributed by atoms with E-state index in [1.807, 2.05) is 0 Å². The van der Waals surface area contributed by atoms with Crippen LogP contribution in [0, 0.1) is 12.4 Å². The van der Waals surface area contributed by atoms with Crippen LogP contribution in [0.25, 0.3) is 4.85 Å². The number of benzene rings is 2. The first-order valence-corrected chi connectivity index (χ1v) is 9.09. The molecule has 0 saturated carbocycles. The molecule has 2 atom stereocenters. The molecular weight excluding hydrogens is 409 g/mol. The van der Waals surface area contributed by atoms with Crippen LogP contribution in [0.3, 0.4) is 0 Å². The van der Waals surface area contributed by atoms with Crippen LogP contribution in [0.15, 0.2) is 35.2 Å². The number of nitrogens with zero attached hydrogens (tertiary/aromatic N) is 1. The molecule has 148 valence electrons. The molecule has 5 nitrogen and oxygen atoms in total. The molecule has 11 heteroatoms. The highest BCUT2D eigenvalue weighted by atomic mass is 32.2. The summed E-state index contributed by atoms with van der Waals surface area (Å²) in [6.07, 6.45) is -4.75. The smallest absolute Gasteiger partial charge is 0.458 e. The van der Waals surface area contributed by atoms with Gasteiger partial charge in [-0.25, -0.2) is 22.0 Å². The van der Waals surface area contributed by atoms with E-state index in [2.05, 4.69) is 4.85 Å². The molecule has 0 fully saturated rings. The molecule has 0 spiro atoms. The average molecular weight is 419 g/mol. The van der Waals surface area contributed by atoms with Gasteiger partial charge in [-0.1, -0.05) is 0 Å². The summed E-state index contributed by atoms with van der Waals surface area (Å²) in [7, 11) is -5.85. The Balaban J connectivity index is 2.15. The van der Waals surface area contributed by atoms with Crippen molar-refractivity contribution in [2.45, 2.75) is 29.1 Å². The molecule has 0 unspecified atom stereocenters. The highest BCUT2D eigenvalue weighted by Gasteiger charge is 2.50. The molecule has 0 heterocycles. The molecule has 28 heavy (non-hydrogen) atoms. The maximum atomic E-state index is 14.0. The Morgan fingerprint density at radius 1 is 1.21 bits per heavy atom. The van der Waals surface area contributed by atoms with Crippen LogP contribution in [0.5, 0.6) is 11.5 Å². The van der Waals surface area contributed by atoms with E-state index in [4.69, 9.17) is 11.3 Å². The molecule has 0 radical (unpaired) electrons. The molecule has 0 aromatic heterocycles. The van der Waals surface area contributed by atoms with Gasteiger partial charge in [-0.2, -0.15) is 13.2 Å². The Hall–Kier alpha value is -2.71. The largest absolute Gasteiger partial charge is 0.501 e. The topological polar surface area (TPSA) is 68.0 Å². The SMILES string of the molecule is [C-]#[N+]c1cc(F)cc(Oc2ccc(S(=O)(=O)C(F)(F)F)c3c2C[C@@H](F)[C@H]3O)c1. The molecular formula is C17H10F5NO4S. The van der Waals surface area contributed by atoms with Crippen molar-refractivity contribution < 1.29 is 40.2 Å². The number of halogens is 5. The van der Waals surface area contributed by atoms with E-state index in [1.165, 1.54) is 0 Å². The zero-order chi connectivity index (χ0) is 20.9. The van der Waals surface area contributed by atoms with Gasteiger partial charge >= 0.3 is 5.51 Å². The summed E-state index contributed by atoms with van der Waals surface area (Å²) in [5.74, 6) is -1.27. The maximum absolute atomic E-state index is 14.0. The van der Waals surface area contributed by atoms with Gasteiger partial charge in [0.2, 0.25) is 0 Å². The normalized spacial score (nSPS) is 19.2. The minimum Gasteiger partial charge on any atom is -0.458 e. The molecule has 0 aliphatic heterocycles. The van der Waals surface area contributed by atoms with Crippen LogP contribution in [-0.4, -0.2) is 25.2 Å². The highest BCUT2D eigenvalue weighted by molar-refractivity contribution is 7.92. The fourth-order valence-corrected chi connectivity index (χ4v) is 3.93. The Bertz CT molecular complexity index is 1090. The van der Waals surface area contributed by atoms with Crippen molar-refractivity contribution in [1.82, 2.24) is 0 Å². The second kappa shape index (κ2) is 6.72. The predicted octanol–water partition coefficient (Wildman–Crippen LogP) is 4.39. The zero-order valence-corrected chi connectivity index (χ0v) is 14.5. The number of aliphatic hydroxyl groups is 1. The number of alkyl halides is 4. The molecule has 2 aromatic rings. The van der Waals surface area contributed by atoms with E-state index in [-0.39, 0.29) is 22.7 Å². The quantitative estimate of drug-likeness (QED) is 0.592. The Kier molecular flexibility index (Phi) is 4.81. The monoisotopic (exact) mass is 419 g/mol. The number of fused-ring (bicyclic) bond motifs is 1. The third-order valence-corrected chi connectivity index (χ3v) is 5.66. The van der Waals surface area contributed by atoms with Crippen molar-refractivity contribution in [3.05, 3.63) is 58.7 Å². The number of hydrogen-bond donors (Lipinski definition) is 1. The Morgan fingerprint density at radius 3 is 2.50 bits per heavy atom. The van der Waals surface area contributed by atoms with Gasteiger partial charge in [0.15, 0.2) is 5.69 Å². The molecule has 3 rings (SSSR count). The highest BCUT2D eigenvalue weighted by Crippen LogP contribution is 2.46. The van der Waals surface area contributed by atoms with E-state index in [0.717, 1.165) is 24.3 Å². The summed E-state index contributed by atoms with van der Waals surface area (Å²) in [6, 6.07) is 4.36. The Morgan fingerprint density at radius 2 is 1.89 bits per heavy atom. The summed E-state index contributed by atoms with van der Waals surface area (Å²) >= 11 is 0. The molecule has 1 aliphatic carbocycles. The van der Waals surface area contributed by atoms with Gasteiger partial charge in [-0.3, -0.25) is 0 Å². The van der Waals surface area contributed by atoms with Gasteiger partial charge in [0, 0.05) is 23.6 Å². The summed E-state index contributed by atoms with van der Waals surface area (Å²) < 4.78 is 95.2. The third kappa shape index (κ3) is 3.29. The van der Waals surface area contributed by atoms with Crippen LogP contribution in [0.4, 0.5) is 27.6 Å². The lowest BCUT2D eigenvalue weighted by molar-refractivity contribution is -0.0437. The van der Waals surface area contributed by atoms with Gasteiger partial charge in [-0.15, -0.1) is 0 Å². The fraction of sp³-hybridized carbons (Fsp3) is 0.235. The van der Waals surface area contributed by atoms with Crippen LogP contribution in [-0.2, 0) is 16.3 Å². The number of sulfone groups is 1. The second-order valence-electron chi connectivity index (χ2n) is 5.93. The van der Waals surface area contributed by atoms with E-state index in [1.54, 1.807) is 0 Å². The van der Waals surface area contributed by atoms with Crippen LogP contribution < -0.4 is 4.74 Å². The third-order valence-electron chi connectivity index (χ3n) is 4.12. The number of hydrogen-bond acceptors (Lipinski definition) is 4. The first kappa shape index (κ1) is 20.0. The predicted molar refractivity (Wildman–Crippen MR) is 86.0 cm³/mol. The molecule has 0 bridgehead atoms. The average Bonchev–Trinajstić information content (AvgIpc) is 2.89. The molecule has 2 aromatic carbocycles. The molecule has 1 N–H and O–H groups in total. The standard InChI is InChI=1S/C17H10F5NO4S/c1-23-9-4-8(18)5-10(6-9)27-13-2-3-14(28(25,26)17(20,21)22)15-11(13)7-12(19)16(15)24/h2-6,12,16,24H,7H2/t12-,16-/m1/s1. The molecule has 0 amide bonds. The first-order chi connectivity index (χ1) is 13.0. The minimum atomic E-state index is -5.85. The first-order valence-electron chi connectivity index (χ1n) is 7.61. The van der Waals surface area contributed by atoms with Crippen LogP contribution in [0.1, 0.15) is 17.2 Å². The maximum Gasteiger partial charge on any atom is 0.501 e. The van der Waals surface area contributed by atoms with Crippen molar-refractivity contribution in [1.29, 1.82) is 0 Å². The number of rotatable bonds is 3. The van der Waals surface area contributed by atoms with Gasteiger partial charge in [0.1, 0.15) is 29.6 Å². The van der Waals surface area contributed by atoms with Crippen LogP contribution >= 0.6 is 0 Å². The second-order valence-corrected chi connectivity index (χ2v) is 7.84. The summed E-state index contributed by atoms with van der Waals surface area (Å²) in [6.45, 7) is 6.89. The number of ether oxygens (including phenoxy) is 1. The van der Waals surface area contributed by atoms with E-state index in [9.17, 15) is 35.5 Å². The van der Waals surface area contributed by atoms with Crippen molar-refractivity contribution in [2.75, 3.05) is 0 Å². The van der Waals surface area contributed by atoms with E-state index < -0.39 is 50.3 Å². The summed E-state index contributed by atoms with van der Waals surface area (Å²) in [5, 5.41) is 9.91. The minimum absolute atomic E-state index is 0.119. The van der Waals surface area contributed by atoms with Crippen molar-refractivity contribution in [3.8, 4) is 11.5 Å². The lowest BCUT2D eigenvalue weighted by atomic mass is 10.1. The van der Waals surface area contributed by atoms with Crippen molar-refractivity contribution >= 4 is 15.5 Å². The van der Waals surface area contributed by atoms with Gasteiger partial charge in [-0.05, 0) is 24.3 Å². The fourth-order valence-electron chi connectivity index (χ4n) is 2.90. The molecule has 1 aliphatic rings. The molecule has 0 saturated heterocycles. The number of aliphatic hydroxyl groups excluding tert-OH is 1. The van der Waals surface area contributed by atoms with Gasteiger partial charge < -0.3 is 9.84 Å². The summed E-state index contributed by atoms with van der Waals surface area (Å²) in [4.78, 5) is 1.76. The van der Waals surface area contributed by atoms with Crippen molar-refractivity contribution in [2.24, 2.45) is 0 Å². The van der Waals surface area contributed by atoms with Crippen LogP contribution in [0.2, 0.25) is 0 Å². The Labute approximate surface area is 155 Å². The van der Waals surface area contributed by atoms with E-state index in [0.29, 0.717) is 6.07 Å². The van der Waals surface area contributed by atoms with Gasteiger partial charge in [0.05, 0.1) is 11.5 Å². The van der Waals surface area contributed by atoms with Crippen molar-refractivity contribution in [3.63, 3.8) is 0 Å². The van der Waals surface area contributed by atoms with Gasteiger partial charge in [0.25, 0.3) is 9.84 Å².